The summed E-state index contributed by atoms with van der Waals surface area (Å²) in [6.07, 6.45) is 5.30. The van der Waals surface area contributed by atoms with Gasteiger partial charge in [0.15, 0.2) is 11.6 Å². The molecule has 1 amide bonds. The molecule has 0 bridgehead atoms. The lowest BCUT2D eigenvalue weighted by molar-refractivity contribution is 0.0934. The Morgan fingerprint density at radius 1 is 0.976 bits per heavy atom. The minimum Gasteiger partial charge on any atom is -0.344 e. The Balaban J connectivity index is 1.29. The first-order chi connectivity index (χ1) is 19.7. The zero-order chi connectivity index (χ0) is 29.1. The third-order valence-electron chi connectivity index (χ3n) is 6.64. The molecule has 0 fully saturated rings. The predicted octanol–water partition coefficient (Wildman–Crippen LogP) is 5.58. The highest BCUT2D eigenvalue weighted by Crippen LogP contribution is 2.24. The van der Waals surface area contributed by atoms with Crippen molar-refractivity contribution in [1.82, 2.24) is 40.4 Å². The van der Waals surface area contributed by atoms with Gasteiger partial charge in [0, 0.05) is 52.7 Å². The average Bonchev–Trinajstić information content (AvgIpc) is 3.41. The highest BCUT2D eigenvalue weighted by Gasteiger charge is 2.17. The van der Waals surface area contributed by atoms with Crippen LogP contribution < -0.4 is 10.6 Å². The smallest absolute Gasteiger partial charge is 0.270 e. The number of halogens is 1. The van der Waals surface area contributed by atoms with Gasteiger partial charge in [-0.05, 0) is 63.4 Å². The first-order valence-electron chi connectivity index (χ1n) is 13.2. The topological polar surface area (TPSA) is 134 Å². The van der Waals surface area contributed by atoms with Crippen molar-refractivity contribution < 1.29 is 9.18 Å². The first-order valence-corrected chi connectivity index (χ1v) is 13.2. The van der Waals surface area contributed by atoms with E-state index in [0.29, 0.717) is 51.2 Å². The molecule has 5 rings (SSSR count). The summed E-state index contributed by atoms with van der Waals surface area (Å²) in [5, 5.41) is 13.4. The number of aromatic amines is 1. The Morgan fingerprint density at radius 2 is 1.80 bits per heavy atom. The van der Waals surface area contributed by atoms with Crippen LogP contribution in [0.4, 0.5) is 16.0 Å². The number of pyridine rings is 3. The number of amides is 1. The Kier molecular flexibility index (Phi) is 7.77. The standard InChI is InChI=1S/C30H30FN9O/c1-6-23-12-27(40-39-23)37-26-10-17(3)35-29(38-26)21-9-16(2)28(34-14-21)30(41)36-18(4)20-7-8-25(33-13-20)24-11-22(31)15-32-19(24)5/h7-15,18H,6H2,1-5H3,(H,36,41)(H2,35,37,38,39,40). The number of anilines is 2. The SMILES string of the molecule is CCc1cc(Nc2cc(C)nc(-c3cnc(C(=O)NC(C)c4ccc(-c5cc(F)cnc5C)nc4)c(C)c3)n2)n[nH]1. The van der Waals surface area contributed by atoms with E-state index in [4.69, 9.17) is 0 Å². The van der Waals surface area contributed by atoms with E-state index in [1.54, 1.807) is 25.4 Å². The van der Waals surface area contributed by atoms with Crippen molar-refractivity contribution in [1.29, 1.82) is 0 Å². The maximum Gasteiger partial charge on any atom is 0.270 e. The molecule has 0 aliphatic carbocycles. The van der Waals surface area contributed by atoms with E-state index in [9.17, 15) is 9.18 Å². The molecule has 0 radical (unpaired) electrons. The van der Waals surface area contributed by atoms with Gasteiger partial charge < -0.3 is 10.6 Å². The lowest BCUT2D eigenvalue weighted by Gasteiger charge is -2.15. The molecule has 0 saturated heterocycles. The van der Waals surface area contributed by atoms with Crippen LogP contribution in [0.3, 0.4) is 0 Å². The fraction of sp³-hybridized carbons (Fsp3) is 0.233. The first kappa shape index (κ1) is 27.5. The largest absolute Gasteiger partial charge is 0.344 e. The number of carbonyl (C=O) groups excluding carboxylic acids is 1. The van der Waals surface area contributed by atoms with Crippen LogP contribution >= 0.6 is 0 Å². The van der Waals surface area contributed by atoms with Crippen LogP contribution in [0.5, 0.6) is 0 Å². The number of H-pyrrole nitrogens is 1. The molecular formula is C30H30FN9O. The fourth-order valence-electron chi connectivity index (χ4n) is 4.37. The molecule has 0 saturated carbocycles. The minimum absolute atomic E-state index is 0.307. The number of aromatic nitrogens is 7. The van der Waals surface area contributed by atoms with Crippen LogP contribution in [0, 0.1) is 26.6 Å². The van der Waals surface area contributed by atoms with Gasteiger partial charge in [-0.25, -0.2) is 14.4 Å². The Hall–Kier alpha value is -5.06. The zero-order valence-corrected chi connectivity index (χ0v) is 23.5. The number of hydrogen-bond donors (Lipinski definition) is 3. The van der Waals surface area contributed by atoms with E-state index in [-0.39, 0.29) is 11.9 Å². The van der Waals surface area contributed by atoms with Gasteiger partial charge in [-0.15, -0.1) is 0 Å². The van der Waals surface area contributed by atoms with Gasteiger partial charge in [-0.2, -0.15) is 5.10 Å². The van der Waals surface area contributed by atoms with E-state index in [1.165, 1.54) is 12.3 Å². The van der Waals surface area contributed by atoms with Gasteiger partial charge in [-0.1, -0.05) is 13.0 Å². The van der Waals surface area contributed by atoms with E-state index in [1.807, 2.05) is 52.0 Å². The summed E-state index contributed by atoms with van der Waals surface area (Å²) in [6.45, 7) is 9.43. The average molecular weight is 552 g/mol. The molecule has 0 aliphatic rings. The summed E-state index contributed by atoms with van der Waals surface area (Å²) in [7, 11) is 0. The zero-order valence-electron chi connectivity index (χ0n) is 23.5. The molecule has 0 aliphatic heterocycles. The van der Waals surface area contributed by atoms with Crippen molar-refractivity contribution >= 4 is 17.5 Å². The molecule has 5 aromatic heterocycles. The van der Waals surface area contributed by atoms with E-state index >= 15 is 0 Å². The van der Waals surface area contributed by atoms with Gasteiger partial charge in [0.25, 0.3) is 5.91 Å². The van der Waals surface area contributed by atoms with Crippen molar-refractivity contribution in [3.8, 4) is 22.6 Å². The number of aryl methyl sites for hydroxylation is 4. The van der Waals surface area contributed by atoms with Crippen molar-refractivity contribution in [2.75, 3.05) is 5.32 Å². The summed E-state index contributed by atoms with van der Waals surface area (Å²) in [6, 6.07) is 10.3. The number of hydrogen-bond acceptors (Lipinski definition) is 8. The van der Waals surface area contributed by atoms with Gasteiger partial charge in [0.1, 0.15) is 17.3 Å². The quantitative estimate of drug-likeness (QED) is 0.228. The summed E-state index contributed by atoms with van der Waals surface area (Å²) < 4.78 is 13.7. The lowest BCUT2D eigenvalue weighted by Crippen LogP contribution is -2.28. The molecule has 41 heavy (non-hydrogen) atoms. The molecule has 208 valence electrons. The summed E-state index contributed by atoms with van der Waals surface area (Å²) in [5.41, 5.74) is 6.20. The summed E-state index contributed by atoms with van der Waals surface area (Å²) in [5.74, 6) is 1.04. The molecule has 11 heteroatoms. The predicted molar refractivity (Wildman–Crippen MR) is 154 cm³/mol. The molecule has 1 unspecified atom stereocenters. The van der Waals surface area contributed by atoms with Crippen molar-refractivity contribution in [3.05, 3.63) is 94.7 Å². The summed E-state index contributed by atoms with van der Waals surface area (Å²) >= 11 is 0. The van der Waals surface area contributed by atoms with E-state index in [0.717, 1.165) is 23.4 Å². The molecule has 0 spiro atoms. The number of rotatable bonds is 8. The second-order valence-corrected chi connectivity index (χ2v) is 9.82. The van der Waals surface area contributed by atoms with Crippen LogP contribution in [-0.2, 0) is 6.42 Å². The molecule has 5 aromatic rings. The third-order valence-corrected chi connectivity index (χ3v) is 6.64. The van der Waals surface area contributed by atoms with Crippen LogP contribution in [0.15, 0.2) is 55.0 Å². The lowest BCUT2D eigenvalue weighted by atomic mass is 10.1. The fourth-order valence-corrected chi connectivity index (χ4v) is 4.37. The second kappa shape index (κ2) is 11.6. The normalized spacial score (nSPS) is 11.8. The van der Waals surface area contributed by atoms with Crippen molar-refractivity contribution in [3.63, 3.8) is 0 Å². The van der Waals surface area contributed by atoms with Gasteiger partial charge in [-0.3, -0.25) is 24.8 Å². The van der Waals surface area contributed by atoms with Crippen molar-refractivity contribution in [2.45, 2.75) is 47.1 Å². The molecule has 0 aromatic carbocycles. The Bertz CT molecular complexity index is 1720. The maximum absolute atomic E-state index is 13.7. The van der Waals surface area contributed by atoms with E-state index in [2.05, 4.69) is 45.8 Å². The molecule has 1 atom stereocenters. The maximum atomic E-state index is 13.7. The Morgan fingerprint density at radius 3 is 2.51 bits per heavy atom. The van der Waals surface area contributed by atoms with Crippen LogP contribution in [0.25, 0.3) is 22.6 Å². The van der Waals surface area contributed by atoms with Crippen LogP contribution in [0.2, 0.25) is 0 Å². The van der Waals surface area contributed by atoms with Gasteiger partial charge in [0.2, 0.25) is 0 Å². The Labute approximate surface area is 237 Å². The molecule has 3 N–H and O–H groups in total. The molecule has 5 heterocycles. The highest BCUT2D eigenvalue weighted by molar-refractivity contribution is 5.94. The minimum atomic E-state index is -0.420. The second-order valence-electron chi connectivity index (χ2n) is 9.82. The van der Waals surface area contributed by atoms with Crippen LogP contribution in [-0.4, -0.2) is 41.0 Å². The monoisotopic (exact) mass is 551 g/mol. The third kappa shape index (κ3) is 6.24. The van der Waals surface area contributed by atoms with E-state index < -0.39 is 5.82 Å². The number of carbonyl (C=O) groups is 1. The number of nitrogens with zero attached hydrogens (tertiary/aromatic N) is 6. The highest BCUT2D eigenvalue weighted by atomic mass is 19.1. The van der Waals surface area contributed by atoms with Gasteiger partial charge in [0.05, 0.1) is 17.9 Å². The van der Waals surface area contributed by atoms with Crippen LogP contribution in [0.1, 0.15) is 58.6 Å². The number of nitrogens with one attached hydrogen (secondary N) is 3. The molecular weight excluding hydrogens is 521 g/mol. The summed E-state index contributed by atoms with van der Waals surface area (Å²) in [4.78, 5) is 35.3. The molecule has 10 nitrogen and oxygen atoms in total. The van der Waals surface area contributed by atoms with Gasteiger partial charge >= 0.3 is 0 Å². The van der Waals surface area contributed by atoms with Crippen molar-refractivity contribution in [2.24, 2.45) is 0 Å².